The first kappa shape index (κ1) is 24.3. The summed E-state index contributed by atoms with van der Waals surface area (Å²) in [6.45, 7) is 4.95. The number of ether oxygens (including phenoxy) is 4. The van der Waals surface area contributed by atoms with Gasteiger partial charge in [0.25, 0.3) is 0 Å². The van der Waals surface area contributed by atoms with Gasteiger partial charge in [0.1, 0.15) is 6.10 Å². The first-order valence-corrected chi connectivity index (χ1v) is 9.77. The van der Waals surface area contributed by atoms with E-state index in [1.807, 2.05) is 30.3 Å². The zero-order chi connectivity index (χ0) is 23.0. The summed E-state index contributed by atoms with van der Waals surface area (Å²) in [5, 5.41) is 0. The molecule has 0 radical (unpaired) electrons. The van der Waals surface area contributed by atoms with Gasteiger partial charge in [0, 0.05) is 34.1 Å². The standard InChI is InChI=1S/C21H27NO9/c1-12(23)28-18-10-17(22-27-11-16-8-6-5-7-9-16)19(29-13(2)24)21(31-15(4)26)20(18)30-14(3)25/h5-9,17-22H,10-11H2,1-4H3/t17-,18-,19+,20-,21-/m1/s1. The van der Waals surface area contributed by atoms with Crippen molar-refractivity contribution in [3.05, 3.63) is 35.9 Å². The molecule has 0 saturated heterocycles. The minimum absolute atomic E-state index is 0.0715. The lowest BCUT2D eigenvalue weighted by Crippen LogP contribution is -2.63. The minimum atomic E-state index is -1.22. The largest absolute Gasteiger partial charge is 0.458 e. The third-order valence-corrected chi connectivity index (χ3v) is 4.44. The Morgan fingerprint density at radius 2 is 1.29 bits per heavy atom. The fourth-order valence-corrected chi connectivity index (χ4v) is 3.40. The summed E-state index contributed by atoms with van der Waals surface area (Å²) >= 11 is 0. The maximum atomic E-state index is 11.7. The number of carbonyl (C=O) groups is 4. The fourth-order valence-electron chi connectivity index (χ4n) is 3.40. The second-order valence-corrected chi connectivity index (χ2v) is 7.10. The summed E-state index contributed by atoms with van der Waals surface area (Å²) in [4.78, 5) is 52.4. The van der Waals surface area contributed by atoms with Crippen LogP contribution in [0, 0.1) is 0 Å². The SMILES string of the molecule is CC(=O)O[C@@H]1[C@@H](OC(C)=O)[C@H](NOCc2ccccc2)C[C@@H](OC(C)=O)[C@H]1OC(C)=O. The van der Waals surface area contributed by atoms with Crippen molar-refractivity contribution < 1.29 is 43.0 Å². The lowest BCUT2D eigenvalue weighted by atomic mass is 9.85. The Labute approximate surface area is 180 Å². The molecule has 0 bridgehead atoms. The van der Waals surface area contributed by atoms with E-state index < -0.39 is 54.3 Å². The van der Waals surface area contributed by atoms with Crippen molar-refractivity contribution in [2.45, 2.75) is 71.2 Å². The molecule has 0 aliphatic heterocycles. The molecule has 170 valence electrons. The Morgan fingerprint density at radius 1 is 0.774 bits per heavy atom. The molecular formula is C21H27NO9. The third kappa shape index (κ3) is 7.65. The van der Waals surface area contributed by atoms with Crippen molar-refractivity contribution in [3.8, 4) is 0 Å². The topological polar surface area (TPSA) is 126 Å². The molecule has 1 fully saturated rings. The van der Waals surface area contributed by atoms with Gasteiger partial charge in [-0.25, -0.2) is 0 Å². The van der Waals surface area contributed by atoms with Gasteiger partial charge in [-0.05, 0) is 5.56 Å². The molecule has 1 aliphatic rings. The van der Waals surface area contributed by atoms with Gasteiger partial charge in [0.2, 0.25) is 0 Å². The van der Waals surface area contributed by atoms with E-state index in [9.17, 15) is 19.2 Å². The van der Waals surface area contributed by atoms with Crippen LogP contribution in [-0.2, 0) is 49.6 Å². The number of carbonyl (C=O) groups excluding carboxylic acids is 4. The van der Waals surface area contributed by atoms with Crippen LogP contribution in [0.5, 0.6) is 0 Å². The number of hydroxylamine groups is 1. The van der Waals surface area contributed by atoms with Gasteiger partial charge in [-0.15, -0.1) is 0 Å². The predicted molar refractivity (Wildman–Crippen MR) is 105 cm³/mol. The molecule has 5 atom stereocenters. The van der Waals surface area contributed by atoms with E-state index in [0.29, 0.717) is 0 Å². The van der Waals surface area contributed by atoms with Crippen molar-refractivity contribution in [2.24, 2.45) is 0 Å². The fraction of sp³-hybridized carbons (Fsp3) is 0.524. The third-order valence-electron chi connectivity index (χ3n) is 4.44. The lowest BCUT2D eigenvalue weighted by Gasteiger charge is -2.44. The smallest absolute Gasteiger partial charge is 0.303 e. The summed E-state index contributed by atoms with van der Waals surface area (Å²) in [7, 11) is 0. The van der Waals surface area contributed by atoms with Gasteiger partial charge < -0.3 is 18.9 Å². The van der Waals surface area contributed by atoms with Gasteiger partial charge in [0.15, 0.2) is 18.3 Å². The molecule has 31 heavy (non-hydrogen) atoms. The molecule has 0 unspecified atom stereocenters. The van der Waals surface area contributed by atoms with Gasteiger partial charge in [-0.2, -0.15) is 5.48 Å². The summed E-state index contributed by atoms with van der Waals surface area (Å²) in [5.74, 6) is -2.61. The van der Waals surface area contributed by atoms with Crippen LogP contribution in [0.2, 0.25) is 0 Å². The molecule has 1 aromatic rings. The predicted octanol–water partition coefficient (Wildman–Crippen LogP) is 1.21. The average Bonchev–Trinajstić information content (AvgIpc) is 2.66. The van der Waals surface area contributed by atoms with Crippen molar-refractivity contribution in [1.29, 1.82) is 0 Å². The molecule has 2 rings (SSSR count). The maximum absolute atomic E-state index is 11.7. The summed E-state index contributed by atoms with van der Waals surface area (Å²) in [6.07, 6.45) is -4.34. The number of benzene rings is 1. The molecule has 1 aliphatic carbocycles. The van der Waals surface area contributed by atoms with E-state index in [4.69, 9.17) is 23.8 Å². The number of hydrogen-bond acceptors (Lipinski definition) is 10. The normalized spacial score (nSPS) is 25.2. The molecule has 1 aromatic carbocycles. The second-order valence-electron chi connectivity index (χ2n) is 7.10. The molecular weight excluding hydrogens is 410 g/mol. The highest BCUT2D eigenvalue weighted by Gasteiger charge is 2.52. The van der Waals surface area contributed by atoms with Crippen LogP contribution in [0.1, 0.15) is 39.7 Å². The van der Waals surface area contributed by atoms with Crippen LogP contribution < -0.4 is 5.48 Å². The van der Waals surface area contributed by atoms with E-state index in [0.717, 1.165) is 5.56 Å². The van der Waals surface area contributed by atoms with Crippen molar-refractivity contribution in [3.63, 3.8) is 0 Å². The highest BCUT2D eigenvalue weighted by atomic mass is 16.7. The first-order valence-electron chi connectivity index (χ1n) is 9.77. The number of hydrogen-bond donors (Lipinski definition) is 1. The van der Waals surface area contributed by atoms with Crippen LogP contribution in [0.25, 0.3) is 0 Å². The highest BCUT2D eigenvalue weighted by Crippen LogP contribution is 2.30. The molecule has 1 N–H and O–H groups in total. The van der Waals surface area contributed by atoms with Crippen LogP contribution in [0.15, 0.2) is 30.3 Å². The van der Waals surface area contributed by atoms with Crippen LogP contribution >= 0.6 is 0 Å². The van der Waals surface area contributed by atoms with Gasteiger partial charge in [-0.3, -0.25) is 24.0 Å². The Morgan fingerprint density at radius 3 is 1.84 bits per heavy atom. The van der Waals surface area contributed by atoms with Gasteiger partial charge >= 0.3 is 23.9 Å². The van der Waals surface area contributed by atoms with Crippen LogP contribution in [-0.4, -0.2) is 54.3 Å². The zero-order valence-corrected chi connectivity index (χ0v) is 17.9. The first-order chi connectivity index (χ1) is 14.7. The number of nitrogens with one attached hydrogen (secondary N) is 1. The summed E-state index contributed by atoms with van der Waals surface area (Å²) in [6, 6.07) is 8.60. The molecule has 10 heteroatoms. The highest BCUT2D eigenvalue weighted by molar-refractivity contribution is 5.69. The van der Waals surface area contributed by atoms with Gasteiger partial charge in [0.05, 0.1) is 12.6 Å². The number of esters is 4. The Kier molecular flexibility index (Phi) is 8.95. The summed E-state index contributed by atoms with van der Waals surface area (Å²) < 4.78 is 21.4. The number of rotatable bonds is 8. The maximum Gasteiger partial charge on any atom is 0.303 e. The Balaban J connectivity index is 2.28. The zero-order valence-electron chi connectivity index (χ0n) is 17.9. The van der Waals surface area contributed by atoms with Crippen LogP contribution in [0.4, 0.5) is 0 Å². The average molecular weight is 437 g/mol. The quantitative estimate of drug-likeness (QED) is 0.360. The molecule has 10 nitrogen and oxygen atoms in total. The monoisotopic (exact) mass is 437 g/mol. The van der Waals surface area contributed by atoms with Crippen molar-refractivity contribution >= 4 is 23.9 Å². The van der Waals surface area contributed by atoms with E-state index in [2.05, 4.69) is 5.48 Å². The molecule has 0 amide bonds. The summed E-state index contributed by atoms with van der Waals surface area (Å²) in [5.41, 5.74) is 3.70. The van der Waals surface area contributed by atoms with E-state index in [1.165, 1.54) is 27.7 Å². The Hall–Kier alpha value is -2.98. The van der Waals surface area contributed by atoms with E-state index >= 15 is 0 Å². The molecule has 0 spiro atoms. The molecule has 0 aromatic heterocycles. The lowest BCUT2D eigenvalue weighted by molar-refractivity contribution is -0.220. The molecule has 1 saturated carbocycles. The van der Waals surface area contributed by atoms with Crippen molar-refractivity contribution in [1.82, 2.24) is 5.48 Å². The van der Waals surface area contributed by atoms with E-state index in [1.54, 1.807) is 0 Å². The van der Waals surface area contributed by atoms with Crippen LogP contribution in [0.3, 0.4) is 0 Å². The Bertz CT molecular complexity index is 782. The minimum Gasteiger partial charge on any atom is -0.458 e. The molecule has 0 heterocycles. The van der Waals surface area contributed by atoms with Gasteiger partial charge in [-0.1, -0.05) is 30.3 Å². The van der Waals surface area contributed by atoms with E-state index in [-0.39, 0.29) is 13.0 Å². The van der Waals surface area contributed by atoms with Crippen molar-refractivity contribution in [2.75, 3.05) is 0 Å². The second kappa shape index (κ2) is 11.4.